The average molecular weight is 228 g/mol. The van der Waals surface area contributed by atoms with Gasteiger partial charge in [-0.05, 0) is 31.9 Å². The van der Waals surface area contributed by atoms with Crippen molar-refractivity contribution in [2.75, 3.05) is 0 Å². The molecule has 2 aromatic rings. The fraction of sp³-hybridized carbons (Fsp3) is 0.385. The number of aromatic amines is 1. The lowest BCUT2D eigenvalue weighted by Gasteiger charge is -1.97. The first-order chi connectivity index (χ1) is 8.33. The monoisotopic (exact) mass is 228 g/mol. The molecule has 4 heteroatoms. The maximum Gasteiger partial charge on any atom is 0.121 e. The van der Waals surface area contributed by atoms with E-state index in [0.717, 1.165) is 29.3 Å². The summed E-state index contributed by atoms with van der Waals surface area (Å²) < 4.78 is 0. The van der Waals surface area contributed by atoms with Crippen LogP contribution in [0, 0.1) is 6.92 Å². The predicted octanol–water partition coefficient (Wildman–Crippen LogP) is 2.03. The first-order valence-corrected chi connectivity index (χ1v) is 6.02. The molecule has 1 aliphatic carbocycles. The molecule has 0 aliphatic heterocycles. The molecule has 0 amide bonds. The highest BCUT2D eigenvalue weighted by Crippen LogP contribution is 2.21. The molecule has 2 N–H and O–H groups in total. The number of aromatic nitrogens is 3. The summed E-state index contributed by atoms with van der Waals surface area (Å²) in [4.78, 5) is 12.1. The van der Waals surface area contributed by atoms with Gasteiger partial charge in [0.15, 0.2) is 0 Å². The van der Waals surface area contributed by atoms with Gasteiger partial charge in [0.2, 0.25) is 0 Å². The number of hydrogen-bond acceptors (Lipinski definition) is 3. The zero-order valence-corrected chi connectivity index (χ0v) is 9.90. The summed E-state index contributed by atoms with van der Waals surface area (Å²) in [5.41, 5.74) is 3.18. The van der Waals surface area contributed by atoms with Crippen molar-refractivity contribution in [2.45, 2.75) is 32.4 Å². The van der Waals surface area contributed by atoms with Gasteiger partial charge >= 0.3 is 0 Å². The van der Waals surface area contributed by atoms with Crippen molar-refractivity contribution in [1.82, 2.24) is 20.3 Å². The van der Waals surface area contributed by atoms with E-state index in [-0.39, 0.29) is 0 Å². The minimum absolute atomic E-state index is 0.710. The third-order valence-electron chi connectivity index (χ3n) is 3.00. The maximum atomic E-state index is 4.62. The Morgan fingerprint density at radius 1 is 1.47 bits per heavy atom. The van der Waals surface area contributed by atoms with Gasteiger partial charge in [0.05, 0.1) is 12.2 Å². The summed E-state index contributed by atoms with van der Waals surface area (Å²) >= 11 is 0. The van der Waals surface area contributed by atoms with Crippen LogP contribution in [0.15, 0.2) is 24.5 Å². The van der Waals surface area contributed by atoms with Crippen LogP contribution in [0.4, 0.5) is 0 Å². The molecule has 17 heavy (non-hydrogen) atoms. The summed E-state index contributed by atoms with van der Waals surface area (Å²) in [6.45, 7) is 2.88. The minimum Gasteiger partial charge on any atom is -0.344 e. The van der Waals surface area contributed by atoms with Crippen molar-refractivity contribution in [1.29, 1.82) is 0 Å². The topological polar surface area (TPSA) is 53.6 Å². The van der Waals surface area contributed by atoms with Crippen molar-refractivity contribution in [3.8, 4) is 11.3 Å². The van der Waals surface area contributed by atoms with Crippen molar-refractivity contribution in [2.24, 2.45) is 0 Å². The summed E-state index contributed by atoms with van der Waals surface area (Å²) in [5.74, 6) is 1.01. The van der Waals surface area contributed by atoms with Gasteiger partial charge in [-0.15, -0.1) is 0 Å². The van der Waals surface area contributed by atoms with E-state index in [0.29, 0.717) is 6.04 Å². The Kier molecular flexibility index (Phi) is 2.65. The molecule has 0 unspecified atom stereocenters. The Balaban J connectivity index is 1.80. The predicted molar refractivity (Wildman–Crippen MR) is 66.4 cm³/mol. The summed E-state index contributed by atoms with van der Waals surface area (Å²) in [6, 6.07) is 4.68. The van der Waals surface area contributed by atoms with Gasteiger partial charge in [-0.25, -0.2) is 4.98 Å². The molecule has 0 bridgehead atoms. The lowest BCUT2D eigenvalue weighted by molar-refractivity contribution is 0.663. The Bertz CT molecular complexity index is 499. The zero-order chi connectivity index (χ0) is 11.7. The molecular weight excluding hydrogens is 212 g/mol. The van der Waals surface area contributed by atoms with Crippen LogP contribution in [0.5, 0.6) is 0 Å². The van der Waals surface area contributed by atoms with E-state index >= 15 is 0 Å². The van der Waals surface area contributed by atoms with Gasteiger partial charge < -0.3 is 10.3 Å². The highest BCUT2D eigenvalue weighted by molar-refractivity contribution is 5.60. The Morgan fingerprint density at radius 3 is 3.06 bits per heavy atom. The number of nitrogens with zero attached hydrogens (tertiary/aromatic N) is 2. The first-order valence-electron chi connectivity index (χ1n) is 6.02. The van der Waals surface area contributed by atoms with Crippen LogP contribution in [0.2, 0.25) is 0 Å². The fourth-order valence-corrected chi connectivity index (χ4v) is 1.92. The van der Waals surface area contributed by atoms with Gasteiger partial charge in [-0.2, -0.15) is 0 Å². The summed E-state index contributed by atoms with van der Waals surface area (Å²) in [6.07, 6.45) is 6.23. The third kappa shape index (κ3) is 2.36. The van der Waals surface area contributed by atoms with Crippen LogP contribution < -0.4 is 5.32 Å². The number of pyridine rings is 1. The van der Waals surface area contributed by atoms with Crippen molar-refractivity contribution in [3.05, 3.63) is 36.0 Å². The first kappa shape index (κ1) is 10.5. The van der Waals surface area contributed by atoms with Gasteiger partial charge in [0.1, 0.15) is 5.82 Å². The van der Waals surface area contributed by atoms with Gasteiger partial charge in [0, 0.05) is 29.7 Å². The van der Waals surface area contributed by atoms with Crippen LogP contribution in [0.1, 0.15) is 24.4 Å². The number of aryl methyl sites for hydroxylation is 1. The second-order valence-electron chi connectivity index (χ2n) is 4.55. The van der Waals surface area contributed by atoms with Crippen LogP contribution in [0.25, 0.3) is 11.3 Å². The highest BCUT2D eigenvalue weighted by atomic mass is 15.0. The lowest BCUT2D eigenvalue weighted by Crippen LogP contribution is -2.16. The molecule has 3 rings (SSSR count). The molecule has 0 radical (unpaired) electrons. The van der Waals surface area contributed by atoms with E-state index in [1.807, 2.05) is 18.3 Å². The molecular formula is C13H16N4. The highest BCUT2D eigenvalue weighted by Gasteiger charge is 2.20. The van der Waals surface area contributed by atoms with E-state index in [1.165, 1.54) is 12.8 Å². The summed E-state index contributed by atoms with van der Waals surface area (Å²) in [7, 11) is 0. The molecule has 0 atom stereocenters. The fourth-order valence-electron chi connectivity index (χ4n) is 1.92. The lowest BCUT2D eigenvalue weighted by atomic mass is 10.2. The van der Waals surface area contributed by atoms with Crippen molar-refractivity contribution >= 4 is 0 Å². The second-order valence-corrected chi connectivity index (χ2v) is 4.55. The molecule has 88 valence electrons. The van der Waals surface area contributed by atoms with Gasteiger partial charge in [-0.1, -0.05) is 0 Å². The molecule has 4 nitrogen and oxygen atoms in total. The molecule has 2 aromatic heterocycles. The van der Waals surface area contributed by atoms with Crippen LogP contribution in [0.3, 0.4) is 0 Å². The van der Waals surface area contributed by atoms with E-state index in [1.54, 1.807) is 6.20 Å². The number of hydrogen-bond donors (Lipinski definition) is 2. The number of H-pyrrole nitrogens is 1. The van der Waals surface area contributed by atoms with E-state index < -0.39 is 0 Å². The summed E-state index contributed by atoms with van der Waals surface area (Å²) in [5, 5.41) is 3.46. The SMILES string of the molecule is Cc1[nH]c(CNC2CC2)nc1-c1cccnc1. The smallest absolute Gasteiger partial charge is 0.121 e. The van der Waals surface area contributed by atoms with E-state index in [2.05, 4.69) is 27.2 Å². The van der Waals surface area contributed by atoms with Crippen LogP contribution >= 0.6 is 0 Å². The Hall–Kier alpha value is -1.68. The molecule has 2 heterocycles. The molecule has 0 saturated heterocycles. The Labute approximate surface area is 101 Å². The average Bonchev–Trinajstić information content (AvgIpc) is 3.11. The normalized spacial score (nSPS) is 15.1. The number of nitrogens with one attached hydrogen (secondary N) is 2. The number of rotatable bonds is 4. The molecule has 1 aliphatic rings. The largest absolute Gasteiger partial charge is 0.344 e. The molecule has 0 spiro atoms. The van der Waals surface area contributed by atoms with Gasteiger partial charge in [0.25, 0.3) is 0 Å². The van der Waals surface area contributed by atoms with Crippen LogP contribution in [-0.4, -0.2) is 21.0 Å². The maximum absolute atomic E-state index is 4.62. The minimum atomic E-state index is 0.710. The van der Waals surface area contributed by atoms with Crippen molar-refractivity contribution < 1.29 is 0 Å². The molecule has 1 saturated carbocycles. The third-order valence-corrected chi connectivity index (χ3v) is 3.00. The van der Waals surface area contributed by atoms with Crippen LogP contribution in [-0.2, 0) is 6.54 Å². The quantitative estimate of drug-likeness (QED) is 0.842. The zero-order valence-electron chi connectivity index (χ0n) is 9.90. The van der Waals surface area contributed by atoms with Crippen molar-refractivity contribution in [3.63, 3.8) is 0 Å². The Morgan fingerprint density at radius 2 is 2.35 bits per heavy atom. The van der Waals surface area contributed by atoms with Gasteiger partial charge in [-0.3, -0.25) is 4.98 Å². The molecule has 0 aromatic carbocycles. The second kappa shape index (κ2) is 4.30. The number of imidazole rings is 1. The van der Waals surface area contributed by atoms with E-state index in [9.17, 15) is 0 Å². The van der Waals surface area contributed by atoms with E-state index in [4.69, 9.17) is 0 Å². The standard InChI is InChI=1S/C13H16N4/c1-9-13(10-3-2-6-14-7-10)17-12(16-9)8-15-11-4-5-11/h2-3,6-7,11,15H,4-5,8H2,1H3,(H,16,17). The molecule has 1 fully saturated rings.